The zero-order valence-corrected chi connectivity index (χ0v) is 6.80. The van der Waals surface area contributed by atoms with Gasteiger partial charge in [-0.3, -0.25) is 4.79 Å². The van der Waals surface area contributed by atoms with Crippen LogP contribution in [0.2, 0.25) is 0 Å². The standard InChI is InChI=1S/C7H9N3O3/c8-4(7(11)12)6-5(3-1-2-3)9-13-10-6/h3-4H,1-2,8H2,(H,11,12). The van der Waals surface area contributed by atoms with Crippen LogP contribution in [0.25, 0.3) is 0 Å². The highest BCUT2D eigenvalue weighted by molar-refractivity contribution is 5.74. The summed E-state index contributed by atoms with van der Waals surface area (Å²) in [6.07, 6.45) is 2.01. The lowest BCUT2D eigenvalue weighted by Crippen LogP contribution is -2.22. The van der Waals surface area contributed by atoms with E-state index in [-0.39, 0.29) is 5.69 Å². The fourth-order valence-corrected chi connectivity index (χ4v) is 1.18. The molecule has 0 aliphatic heterocycles. The molecule has 1 unspecified atom stereocenters. The highest BCUT2D eigenvalue weighted by atomic mass is 16.6. The van der Waals surface area contributed by atoms with E-state index in [4.69, 9.17) is 10.8 Å². The number of nitrogens with two attached hydrogens (primary N) is 1. The SMILES string of the molecule is NC(C(=O)O)c1nonc1C1CC1. The van der Waals surface area contributed by atoms with Crippen LogP contribution in [0.1, 0.15) is 36.2 Å². The van der Waals surface area contributed by atoms with Crippen molar-refractivity contribution in [2.24, 2.45) is 5.73 Å². The fraction of sp³-hybridized carbons (Fsp3) is 0.571. The molecule has 2 rings (SSSR count). The third-order valence-corrected chi connectivity index (χ3v) is 2.07. The summed E-state index contributed by atoms with van der Waals surface area (Å²) in [6, 6.07) is -1.12. The van der Waals surface area contributed by atoms with E-state index in [0.29, 0.717) is 11.6 Å². The quantitative estimate of drug-likeness (QED) is 0.685. The predicted molar refractivity (Wildman–Crippen MR) is 40.8 cm³/mol. The second-order valence-corrected chi connectivity index (χ2v) is 3.12. The van der Waals surface area contributed by atoms with Gasteiger partial charge in [0.1, 0.15) is 11.4 Å². The maximum Gasteiger partial charge on any atom is 0.326 e. The van der Waals surface area contributed by atoms with Crippen LogP contribution in [0.5, 0.6) is 0 Å². The van der Waals surface area contributed by atoms with Crippen molar-refractivity contribution in [3.05, 3.63) is 11.4 Å². The smallest absolute Gasteiger partial charge is 0.326 e. The molecule has 1 saturated carbocycles. The minimum atomic E-state index is -1.12. The normalized spacial score (nSPS) is 18.5. The first kappa shape index (κ1) is 8.18. The van der Waals surface area contributed by atoms with Gasteiger partial charge in [-0.15, -0.1) is 0 Å². The maximum absolute atomic E-state index is 10.6. The van der Waals surface area contributed by atoms with Gasteiger partial charge >= 0.3 is 5.97 Å². The predicted octanol–water partition coefficient (Wildman–Crippen LogP) is 0.0314. The first-order valence-electron chi connectivity index (χ1n) is 4.01. The molecule has 1 aromatic rings. The Labute approximate surface area is 73.7 Å². The van der Waals surface area contributed by atoms with E-state index in [9.17, 15) is 4.79 Å². The van der Waals surface area contributed by atoms with Crippen molar-refractivity contribution >= 4 is 5.97 Å². The summed E-state index contributed by atoms with van der Waals surface area (Å²) in [5, 5.41) is 15.8. The Morgan fingerprint density at radius 3 is 2.85 bits per heavy atom. The molecule has 0 bridgehead atoms. The van der Waals surface area contributed by atoms with Gasteiger partial charge in [-0.2, -0.15) is 0 Å². The molecule has 0 spiro atoms. The summed E-state index contributed by atoms with van der Waals surface area (Å²) in [5.41, 5.74) is 6.25. The van der Waals surface area contributed by atoms with Crippen molar-refractivity contribution in [2.75, 3.05) is 0 Å². The minimum Gasteiger partial charge on any atom is -0.480 e. The van der Waals surface area contributed by atoms with Gasteiger partial charge in [0.25, 0.3) is 0 Å². The molecule has 6 nitrogen and oxygen atoms in total. The van der Waals surface area contributed by atoms with Gasteiger partial charge in [-0.1, -0.05) is 10.3 Å². The van der Waals surface area contributed by atoms with E-state index < -0.39 is 12.0 Å². The average Bonchev–Trinajstić information content (AvgIpc) is 2.83. The van der Waals surface area contributed by atoms with Gasteiger partial charge < -0.3 is 10.8 Å². The number of hydrogen-bond donors (Lipinski definition) is 2. The molecule has 3 N–H and O–H groups in total. The van der Waals surface area contributed by atoms with E-state index in [1.54, 1.807) is 0 Å². The summed E-state index contributed by atoms with van der Waals surface area (Å²) in [6.45, 7) is 0. The van der Waals surface area contributed by atoms with Crippen molar-refractivity contribution in [1.82, 2.24) is 10.3 Å². The number of nitrogens with zero attached hydrogens (tertiary/aromatic N) is 2. The monoisotopic (exact) mass is 183 g/mol. The summed E-state index contributed by atoms with van der Waals surface area (Å²) in [4.78, 5) is 10.6. The highest BCUT2D eigenvalue weighted by Crippen LogP contribution is 2.41. The summed E-state index contributed by atoms with van der Waals surface area (Å²) < 4.78 is 4.47. The molecule has 1 aromatic heterocycles. The molecule has 1 atom stereocenters. The Morgan fingerprint density at radius 2 is 2.31 bits per heavy atom. The molecular weight excluding hydrogens is 174 g/mol. The zero-order chi connectivity index (χ0) is 9.42. The van der Waals surface area contributed by atoms with Crippen LogP contribution in [0.3, 0.4) is 0 Å². The van der Waals surface area contributed by atoms with Crippen LogP contribution in [-0.4, -0.2) is 21.4 Å². The molecule has 0 radical (unpaired) electrons. The molecule has 1 aliphatic rings. The van der Waals surface area contributed by atoms with Crippen LogP contribution >= 0.6 is 0 Å². The maximum atomic E-state index is 10.6. The number of carboxylic acid groups (broad SMARTS) is 1. The van der Waals surface area contributed by atoms with Gasteiger partial charge in [-0.25, -0.2) is 4.63 Å². The highest BCUT2D eigenvalue weighted by Gasteiger charge is 2.34. The van der Waals surface area contributed by atoms with E-state index in [1.807, 2.05) is 0 Å². The molecule has 13 heavy (non-hydrogen) atoms. The second kappa shape index (κ2) is 2.81. The van der Waals surface area contributed by atoms with Gasteiger partial charge in [0.15, 0.2) is 6.04 Å². The van der Waals surface area contributed by atoms with Crippen molar-refractivity contribution in [3.63, 3.8) is 0 Å². The summed E-state index contributed by atoms with van der Waals surface area (Å²) in [5.74, 6) is -0.816. The first-order chi connectivity index (χ1) is 6.20. The van der Waals surface area contributed by atoms with E-state index in [1.165, 1.54) is 0 Å². The topological polar surface area (TPSA) is 102 Å². The average molecular weight is 183 g/mol. The molecule has 70 valence electrons. The van der Waals surface area contributed by atoms with Gasteiger partial charge in [0.2, 0.25) is 0 Å². The van der Waals surface area contributed by atoms with Crippen LogP contribution in [0.15, 0.2) is 4.63 Å². The number of aromatic nitrogens is 2. The van der Waals surface area contributed by atoms with Crippen LogP contribution in [-0.2, 0) is 4.79 Å². The molecule has 6 heteroatoms. The third kappa shape index (κ3) is 1.40. The lowest BCUT2D eigenvalue weighted by Gasteiger charge is -2.01. The van der Waals surface area contributed by atoms with Crippen LogP contribution < -0.4 is 5.73 Å². The number of carbonyl (C=O) groups is 1. The molecular formula is C7H9N3O3. The lowest BCUT2D eigenvalue weighted by atomic mass is 10.1. The summed E-state index contributed by atoms with van der Waals surface area (Å²) >= 11 is 0. The third-order valence-electron chi connectivity index (χ3n) is 2.07. The molecule has 1 fully saturated rings. The molecule has 0 aromatic carbocycles. The molecule has 1 heterocycles. The van der Waals surface area contributed by atoms with Crippen molar-refractivity contribution in [1.29, 1.82) is 0 Å². The van der Waals surface area contributed by atoms with Gasteiger partial charge in [0, 0.05) is 5.92 Å². The van der Waals surface area contributed by atoms with Crippen molar-refractivity contribution in [2.45, 2.75) is 24.8 Å². The number of carboxylic acids is 1. The second-order valence-electron chi connectivity index (χ2n) is 3.12. The molecule has 1 aliphatic carbocycles. The molecule has 0 amide bonds. The van der Waals surface area contributed by atoms with Crippen LogP contribution in [0.4, 0.5) is 0 Å². The first-order valence-corrected chi connectivity index (χ1v) is 4.01. The molecule has 0 saturated heterocycles. The minimum absolute atomic E-state index is 0.259. The number of aliphatic carboxylic acids is 1. The summed E-state index contributed by atoms with van der Waals surface area (Å²) in [7, 11) is 0. The Kier molecular flexibility index (Phi) is 1.77. The lowest BCUT2D eigenvalue weighted by molar-refractivity contribution is -0.138. The van der Waals surface area contributed by atoms with E-state index in [0.717, 1.165) is 12.8 Å². The van der Waals surface area contributed by atoms with Crippen LogP contribution in [0, 0.1) is 0 Å². The van der Waals surface area contributed by atoms with Gasteiger partial charge in [0.05, 0.1) is 0 Å². The van der Waals surface area contributed by atoms with Crippen molar-refractivity contribution < 1.29 is 14.5 Å². The largest absolute Gasteiger partial charge is 0.480 e. The Hall–Kier alpha value is -1.43. The zero-order valence-electron chi connectivity index (χ0n) is 6.80. The Balaban J connectivity index is 2.27. The fourth-order valence-electron chi connectivity index (χ4n) is 1.18. The number of hydrogen-bond acceptors (Lipinski definition) is 5. The Morgan fingerprint density at radius 1 is 1.62 bits per heavy atom. The van der Waals surface area contributed by atoms with E-state index in [2.05, 4.69) is 14.9 Å². The number of rotatable bonds is 3. The van der Waals surface area contributed by atoms with Crippen molar-refractivity contribution in [3.8, 4) is 0 Å². The van der Waals surface area contributed by atoms with E-state index >= 15 is 0 Å². The Bertz CT molecular complexity index is 331. The van der Waals surface area contributed by atoms with Gasteiger partial charge in [-0.05, 0) is 12.8 Å².